The van der Waals surface area contributed by atoms with Gasteiger partial charge in [-0.3, -0.25) is 0 Å². The summed E-state index contributed by atoms with van der Waals surface area (Å²) in [5, 5.41) is 11.0. The topological polar surface area (TPSA) is 33.0 Å². The van der Waals surface area contributed by atoms with Crippen LogP contribution in [0, 0.1) is 10.7 Å². The molecule has 14 heavy (non-hydrogen) atoms. The molecule has 0 aliphatic rings. The predicted octanol–water partition coefficient (Wildman–Crippen LogP) is 2.83. The van der Waals surface area contributed by atoms with Gasteiger partial charge in [-0.2, -0.15) is 5.26 Å². The van der Waals surface area contributed by atoms with E-state index in [1.165, 1.54) is 11.8 Å². The van der Waals surface area contributed by atoms with E-state index in [1.54, 1.807) is 7.11 Å². The Balaban J connectivity index is 2.79. The maximum atomic E-state index is 8.61. The number of thiocyanates is 1. The summed E-state index contributed by atoms with van der Waals surface area (Å²) in [6.07, 6.45) is 0.880. The van der Waals surface area contributed by atoms with Crippen LogP contribution in [0.25, 0.3) is 0 Å². The van der Waals surface area contributed by atoms with E-state index in [4.69, 9.17) is 10.00 Å². The molecular weight excluding hydrogens is 213 g/mol. The van der Waals surface area contributed by atoms with Crippen LogP contribution in [0.5, 0.6) is 5.75 Å². The summed E-state index contributed by atoms with van der Waals surface area (Å²) in [4.78, 5) is 0. The van der Waals surface area contributed by atoms with Crippen LogP contribution in [0.1, 0.15) is 10.8 Å². The van der Waals surface area contributed by atoms with Crippen LogP contribution in [0.2, 0.25) is 0 Å². The number of benzene rings is 1. The molecule has 2 atom stereocenters. The van der Waals surface area contributed by atoms with Gasteiger partial charge < -0.3 is 4.74 Å². The predicted molar refractivity (Wildman–Crippen MR) is 63.5 cm³/mol. The summed E-state index contributed by atoms with van der Waals surface area (Å²) in [6, 6.07) is 7.83. The summed E-state index contributed by atoms with van der Waals surface area (Å²) >= 11 is 1.29. The van der Waals surface area contributed by atoms with E-state index in [-0.39, 0.29) is 5.25 Å². The average Bonchev–Trinajstić information content (AvgIpc) is 2.26. The maximum absolute atomic E-state index is 8.61. The van der Waals surface area contributed by atoms with Crippen LogP contribution in [0.4, 0.5) is 0 Å². The van der Waals surface area contributed by atoms with Crippen LogP contribution < -0.4 is 4.74 Å². The fourth-order valence-corrected chi connectivity index (χ4v) is 2.21. The normalized spacial score (nSPS) is 11.8. The van der Waals surface area contributed by atoms with Gasteiger partial charge in [0.1, 0.15) is 11.2 Å². The minimum atomic E-state index is 0.232. The largest absolute Gasteiger partial charge is 0.497 e. The highest BCUT2D eigenvalue weighted by Crippen LogP contribution is 2.30. The molecule has 0 aromatic heterocycles. The minimum Gasteiger partial charge on any atom is -0.497 e. The molecule has 0 aliphatic carbocycles. The van der Waals surface area contributed by atoms with Crippen molar-refractivity contribution >= 4 is 21.0 Å². The number of thioether (sulfide) groups is 1. The van der Waals surface area contributed by atoms with E-state index >= 15 is 0 Å². The highest BCUT2D eigenvalue weighted by molar-refractivity contribution is 8.04. The van der Waals surface area contributed by atoms with Gasteiger partial charge in [-0.05, 0) is 35.6 Å². The lowest BCUT2D eigenvalue weighted by atomic mass is 10.1. The molecule has 2 unspecified atom stereocenters. The van der Waals surface area contributed by atoms with Crippen LogP contribution in [-0.4, -0.2) is 13.3 Å². The van der Waals surface area contributed by atoms with Gasteiger partial charge >= 0.3 is 0 Å². The standard InChI is InChI=1S/C10H12NOPS/c1-12-9-4-2-8(3-5-9)10(6-13)14-7-11/h2-5,10H,6,13H2,1H3. The molecule has 2 nitrogen and oxygen atoms in total. The Morgan fingerprint density at radius 2 is 2.14 bits per heavy atom. The van der Waals surface area contributed by atoms with Crippen molar-refractivity contribution < 1.29 is 4.74 Å². The molecule has 1 aromatic carbocycles. The fraction of sp³-hybridized carbons (Fsp3) is 0.300. The molecule has 1 rings (SSSR count). The Bertz CT molecular complexity index is 320. The highest BCUT2D eigenvalue weighted by Gasteiger charge is 2.09. The van der Waals surface area contributed by atoms with Gasteiger partial charge in [-0.15, -0.1) is 9.24 Å². The molecule has 74 valence electrons. The summed E-state index contributed by atoms with van der Waals surface area (Å²) in [5.41, 5.74) is 1.16. The number of nitrogens with zero attached hydrogens (tertiary/aromatic N) is 1. The van der Waals surface area contributed by atoms with E-state index in [0.29, 0.717) is 0 Å². The van der Waals surface area contributed by atoms with Gasteiger partial charge in [0.15, 0.2) is 0 Å². The number of nitriles is 1. The molecule has 0 spiro atoms. The third-order valence-electron chi connectivity index (χ3n) is 1.90. The van der Waals surface area contributed by atoms with E-state index in [9.17, 15) is 0 Å². The zero-order chi connectivity index (χ0) is 10.4. The SMILES string of the molecule is COc1ccc(C(CP)SC#N)cc1. The van der Waals surface area contributed by atoms with Gasteiger partial charge in [-0.1, -0.05) is 12.1 Å². The smallest absolute Gasteiger partial charge is 0.133 e. The zero-order valence-electron chi connectivity index (χ0n) is 7.93. The Morgan fingerprint density at radius 1 is 1.50 bits per heavy atom. The van der Waals surface area contributed by atoms with Gasteiger partial charge in [0, 0.05) is 5.25 Å². The second-order valence-corrected chi connectivity index (χ2v) is 4.17. The Kier molecular flexibility index (Phi) is 4.79. The van der Waals surface area contributed by atoms with Crippen LogP contribution >= 0.6 is 21.0 Å². The van der Waals surface area contributed by atoms with Gasteiger partial charge in [0.2, 0.25) is 0 Å². The quantitative estimate of drug-likeness (QED) is 0.583. The average molecular weight is 225 g/mol. The van der Waals surface area contributed by atoms with Crippen molar-refractivity contribution in [3.8, 4) is 11.2 Å². The lowest BCUT2D eigenvalue weighted by Crippen LogP contribution is -1.94. The van der Waals surface area contributed by atoms with Gasteiger partial charge in [0.05, 0.1) is 7.11 Å². The lowest BCUT2D eigenvalue weighted by Gasteiger charge is -2.10. The third kappa shape index (κ3) is 2.90. The molecule has 0 amide bonds. The highest BCUT2D eigenvalue weighted by atomic mass is 32.2. The molecule has 0 bridgehead atoms. The molecule has 0 fully saturated rings. The monoisotopic (exact) mass is 225 g/mol. The molecular formula is C10H12NOPS. The molecule has 0 N–H and O–H groups in total. The maximum Gasteiger partial charge on any atom is 0.133 e. The molecule has 0 aliphatic heterocycles. The molecule has 0 radical (unpaired) electrons. The molecule has 0 saturated heterocycles. The van der Waals surface area contributed by atoms with Crippen LogP contribution in [0.15, 0.2) is 24.3 Å². The molecule has 0 saturated carbocycles. The Morgan fingerprint density at radius 3 is 2.57 bits per heavy atom. The van der Waals surface area contributed by atoms with Crippen LogP contribution in [-0.2, 0) is 0 Å². The van der Waals surface area contributed by atoms with Crippen molar-refractivity contribution in [1.82, 2.24) is 0 Å². The first kappa shape index (κ1) is 11.4. The molecule has 0 heterocycles. The van der Waals surface area contributed by atoms with Crippen molar-refractivity contribution in [3.05, 3.63) is 29.8 Å². The van der Waals surface area contributed by atoms with Crippen molar-refractivity contribution in [2.45, 2.75) is 5.25 Å². The summed E-state index contributed by atoms with van der Waals surface area (Å²) in [7, 11) is 4.31. The van der Waals surface area contributed by atoms with Gasteiger partial charge in [-0.25, -0.2) is 0 Å². The summed E-state index contributed by atoms with van der Waals surface area (Å²) < 4.78 is 5.07. The van der Waals surface area contributed by atoms with Crippen LogP contribution in [0.3, 0.4) is 0 Å². The first-order valence-corrected chi connectivity index (χ1v) is 5.90. The fourth-order valence-electron chi connectivity index (χ4n) is 1.13. The van der Waals surface area contributed by atoms with E-state index in [1.807, 2.05) is 24.3 Å². The third-order valence-corrected chi connectivity index (χ3v) is 3.56. The Hall–Kier alpha value is -0.710. The number of hydrogen-bond acceptors (Lipinski definition) is 3. The van der Waals surface area contributed by atoms with Crippen molar-refractivity contribution in [3.63, 3.8) is 0 Å². The molecule has 1 aromatic rings. The van der Waals surface area contributed by atoms with Gasteiger partial charge in [0.25, 0.3) is 0 Å². The second kappa shape index (κ2) is 5.90. The van der Waals surface area contributed by atoms with E-state index in [0.717, 1.165) is 17.5 Å². The van der Waals surface area contributed by atoms with Crippen molar-refractivity contribution in [1.29, 1.82) is 5.26 Å². The second-order valence-electron chi connectivity index (χ2n) is 2.71. The number of rotatable bonds is 4. The first-order chi connectivity index (χ1) is 6.81. The number of ether oxygens (including phenoxy) is 1. The Labute approximate surface area is 90.9 Å². The minimum absolute atomic E-state index is 0.232. The summed E-state index contributed by atoms with van der Waals surface area (Å²) in [5.74, 6) is 0.846. The lowest BCUT2D eigenvalue weighted by molar-refractivity contribution is 0.414. The molecule has 4 heteroatoms. The first-order valence-electron chi connectivity index (χ1n) is 4.20. The van der Waals surface area contributed by atoms with E-state index in [2.05, 4.69) is 14.6 Å². The zero-order valence-corrected chi connectivity index (χ0v) is 9.91. The van der Waals surface area contributed by atoms with Crippen molar-refractivity contribution in [2.24, 2.45) is 0 Å². The number of methoxy groups -OCH3 is 1. The summed E-state index contributed by atoms with van der Waals surface area (Å²) in [6.45, 7) is 0. The number of hydrogen-bond donors (Lipinski definition) is 0. The van der Waals surface area contributed by atoms with E-state index < -0.39 is 0 Å². The van der Waals surface area contributed by atoms with Crippen molar-refractivity contribution in [2.75, 3.05) is 13.3 Å².